The second-order valence-corrected chi connectivity index (χ2v) is 20.1. The van der Waals surface area contributed by atoms with Crippen LogP contribution >= 0.6 is 0 Å². The van der Waals surface area contributed by atoms with Crippen molar-refractivity contribution in [1.29, 1.82) is 0 Å². The second-order valence-electron chi connectivity index (χ2n) is 20.1. The number of amides is 3. The van der Waals surface area contributed by atoms with Crippen LogP contribution in [0.3, 0.4) is 0 Å². The molecule has 2 aromatic heterocycles. The van der Waals surface area contributed by atoms with Gasteiger partial charge in [-0.3, -0.25) is 19.5 Å². The van der Waals surface area contributed by atoms with Crippen molar-refractivity contribution >= 4 is 36.1 Å². The Morgan fingerprint density at radius 3 is 2.35 bits per heavy atom. The van der Waals surface area contributed by atoms with E-state index in [1.54, 1.807) is 85.3 Å². The Morgan fingerprint density at radius 1 is 0.972 bits per heavy atom. The zero-order valence-electron chi connectivity index (χ0n) is 42.3. The predicted molar refractivity (Wildman–Crippen MR) is 259 cm³/mol. The molecule has 14 atom stereocenters. The molecule has 3 saturated heterocycles. The molecule has 0 aliphatic carbocycles. The molecule has 3 aromatic rings. The number of esters is 1. The number of fused-ring (bicyclic) bond motifs is 2. The highest BCUT2D eigenvalue weighted by Crippen LogP contribution is 2.42. The second kappa shape index (κ2) is 22.2. The minimum Gasteiger partial charge on any atom is -0.458 e. The van der Waals surface area contributed by atoms with E-state index in [0.717, 1.165) is 16.7 Å². The van der Waals surface area contributed by atoms with Gasteiger partial charge in [0, 0.05) is 54.5 Å². The minimum atomic E-state index is -1.79. The van der Waals surface area contributed by atoms with Crippen LogP contribution in [0, 0.1) is 23.7 Å². The lowest BCUT2D eigenvalue weighted by Crippen LogP contribution is -2.61. The number of aliphatic hydroxyl groups excluding tert-OH is 1. The third-order valence-electron chi connectivity index (χ3n) is 14.6. The lowest BCUT2D eigenvalue weighted by Gasteiger charge is -2.48. The molecule has 7 rings (SSSR count). The number of carbonyl (C=O) groups excluding carboxylic acids is 5. The summed E-state index contributed by atoms with van der Waals surface area (Å²) in [5.41, 5.74) is -0.0445. The molecule has 0 radical (unpaired) electrons. The van der Waals surface area contributed by atoms with E-state index in [-0.39, 0.29) is 38.3 Å². The number of rotatable bonds is 10. The van der Waals surface area contributed by atoms with Crippen molar-refractivity contribution < 1.29 is 57.5 Å². The summed E-state index contributed by atoms with van der Waals surface area (Å²) >= 11 is 0. The van der Waals surface area contributed by atoms with E-state index in [9.17, 15) is 29.1 Å². The fraction of sp³-hybridized carbons (Fsp3) is 0.577. The summed E-state index contributed by atoms with van der Waals surface area (Å²) in [6.07, 6.45) is 0.0262. The highest BCUT2D eigenvalue weighted by Gasteiger charge is 2.58. The first-order valence-electron chi connectivity index (χ1n) is 24.5. The number of aromatic nitrogens is 3. The normalized spacial score (nSPS) is 33.6. The van der Waals surface area contributed by atoms with E-state index in [2.05, 4.69) is 25.6 Å². The zero-order valence-corrected chi connectivity index (χ0v) is 42.3. The predicted octanol–water partition coefficient (Wildman–Crippen LogP) is 6.08. The van der Waals surface area contributed by atoms with Gasteiger partial charge in [0.05, 0.1) is 36.8 Å². The van der Waals surface area contributed by atoms with Crippen molar-refractivity contribution in [2.24, 2.45) is 23.7 Å². The van der Waals surface area contributed by atoms with Gasteiger partial charge in [-0.1, -0.05) is 70.2 Å². The summed E-state index contributed by atoms with van der Waals surface area (Å²) in [7, 11) is 3.67. The number of alkyl carbamates (subject to hydrolysis) is 2. The first-order chi connectivity index (χ1) is 33.7. The monoisotopic (exact) mass is 984 g/mol. The summed E-state index contributed by atoms with van der Waals surface area (Å²) < 4.78 is 38.3. The van der Waals surface area contributed by atoms with Crippen LogP contribution in [0.5, 0.6) is 0 Å². The number of ketones is 1. The van der Waals surface area contributed by atoms with Gasteiger partial charge in [-0.05, 0) is 84.3 Å². The largest absolute Gasteiger partial charge is 0.458 e. The number of ether oxygens (including phenoxy) is 6. The molecule has 0 bridgehead atoms. The Kier molecular flexibility index (Phi) is 16.5. The minimum absolute atomic E-state index is 0.0340. The number of hydrogen-bond acceptors (Lipinski definition) is 16. The number of carbonyl (C=O) groups is 5. The van der Waals surface area contributed by atoms with Gasteiger partial charge in [-0.2, -0.15) is 0 Å². The molecule has 0 unspecified atom stereocenters. The standard InChI is InChI=1S/C52H69N7O12/c1-11-39-52(8)43(57-49(64)71-52)31(4)40(60)29(2)26-51(7,70-48(63)56-22-12-15-34-17-19-35(20-18-34)45-54-23-14-24-55-45)44(69-47-41(61)38(58(9)10)25-30(3)66-47)32(5)42(33(6)46(62)67-39)68-50(65)59-27-36-16-13-21-53-37(36)28-59/h12-21,23-24,29-33,38-39,41-44,47,61H,11,22,25-28H2,1-10H3,(H,56,63)(H,57,64)/t29-,30-,31+,32+,33-,38+,39-,41-,42+,43-,44-,47+,51-,52-/m1/s1. The molecular formula is C52H69N7O12. The Balaban J connectivity index is 1.27. The van der Waals surface area contributed by atoms with Crippen molar-refractivity contribution in [2.75, 3.05) is 20.6 Å². The number of pyridine rings is 1. The average molecular weight is 984 g/mol. The highest BCUT2D eigenvalue weighted by atomic mass is 16.7. The van der Waals surface area contributed by atoms with E-state index in [1.807, 2.05) is 62.3 Å². The first kappa shape index (κ1) is 52.8. The van der Waals surface area contributed by atoms with Crippen molar-refractivity contribution in [3.8, 4) is 11.4 Å². The molecule has 71 heavy (non-hydrogen) atoms. The Bertz CT molecular complexity index is 2380. The topological polar surface area (TPSA) is 230 Å². The van der Waals surface area contributed by atoms with Crippen molar-refractivity contribution in [2.45, 2.75) is 148 Å². The van der Waals surface area contributed by atoms with E-state index in [0.29, 0.717) is 17.9 Å². The maximum Gasteiger partial charge on any atom is 0.410 e. The summed E-state index contributed by atoms with van der Waals surface area (Å²) in [5, 5.41) is 17.5. The number of cyclic esters (lactones) is 1. The fourth-order valence-corrected chi connectivity index (χ4v) is 10.7. The molecule has 6 heterocycles. The average Bonchev–Trinajstić information content (AvgIpc) is 3.93. The summed E-state index contributed by atoms with van der Waals surface area (Å²) in [5.74, 6) is -4.53. The molecule has 0 saturated carbocycles. The number of nitrogens with one attached hydrogen (secondary N) is 2. The summed E-state index contributed by atoms with van der Waals surface area (Å²) in [6.45, 7) is 13.9. The molecule has 384 valence electrons. The molecule has 19 heteroatoms. The number of benzene rings is 1. The summed E-state index contributed by atoms with van der Waals surface area (Å²) in [6, 6.07) is 11.6. The maximum absolute atomic E-state index is 14.8. The van der Waals surface area contributed by atoms with Gasteiger partial charge in [0.25, 0.3) is 0 Å². The van der Waals surface area contributed by atoms with Crippen LogP contribution in [0.1, 0.15) is 91.5 Å². The van der Waals surface area contributed by atoms with Crippen molar-refractivity contribution in [1.82, 2.24) is 35.4 Å². The number of Topliss-reactive ketones (excluding diaryl/α,β-unsaturated/α-hetero) is 1. The molecule has 4 aliphatic heterocycles. The van der Waals surface area contributed by atoms with Crippen LogP contribution < -0.4 is 10.6 Å². The third kappa shape index (κ3) is 11.7. The quantitative estimate of drug-likeness (QED) is 0.155. The van der Waals surface area contributed by atoms with E-state index >= 15 is 0 Å². The Labute approximate surface area is 415 Å². The van der Waals surface area contributed by atoms with E-state index in [1.165, 1.54) is 4.90 Å². The molecule has 3 N–H and O–H groups in total. The number of aliphatic hydroxyl groups is 1. The molecule has 3 fully saturated rings. The molecular weight excluding hydrogens is 915 g/mol. The van der Waals surface area contributed by atoms with E-state index < -0.39 is 108 Å². The van der Waals surface area contributed by atoms with Gasteiger partial charge < -0.3 is 49.1 Å². The third-order valence-corrected chi connectivity index (χ3v) is 14.6. The first-order valence-corrected chi connectivity index (χ1v) is 24.5. The zero-order chi connectivity index (χ0) is 51.4. The van der Waals surface area contributed by atoms with Gasteiger partial charge >= 0.3 is 24.2 Å². The summed E-state index contributed by atoms with van der Waals surface area (Å²) in [4.78, 5) is 87.6. The van der Waals surface area contributed by atoms with Crippen molar-refractivity contribution in [3.63, 3.8) is 0 Å². The molecule has 4 aliphatic rings. The Morgan fingerprint density at radius 2 is 1.68 bits per heavy atom. The van der Waals surface area contributed by atoms with Crippen molar-refractivity contribution in [3.05, 3.63) is 84.0 Å². The van der Waals surface area contributed by atoms with Gasteiger partial charge in [0.15, 0.2) is 17.7 Å². The molecule has 1 aromatic carbocycles. The smallest absolute Gasteiger partial charge is 0.410 e. The SMILES string of the molecule is CC[C@H]1OC(=O)[C@H](C)[C@@H](OC(=O)N2Cc3cccnc3C2)[C@H](C)[C@@H](O[C@@H]2O[C@H](C)C[C@H](N(C)C)[C@H]2O)[C@](C)(OC(=O)NCC=Cc2ccc(-c3ncccn3)cc2)C[C@@H](C)C(=O)[C@H](C)[C@H]2NC(=O)O[C@@]21C. The van der Waals surface area contributed by atoms with Gasteiger partial charge in [-0.25, -0.2) is 24.4 Å². The van der Waals surface area contributed by atoms with Crippen LogP contribution in [-0.4, -0.2) is 141 Å². The number of hydrogen-bond donors (Lipinski definition) is 3. The highest BCUT2D eigenvalue weighted by molar-refractivity contribution is 5.85. The molecule has 3 amide bonds. The van der Waals surface area contributed by atoms with Crippen LogP contribution in [-0.2, 0) is 51.1 Å². The molecule has 19 nitrogen and oxygen atoms in total. The van der Waals surface area contributed by atoms with Gasteiger partial charge in [-0.15, -0.1) is 0 Å². The number of nitrogens with zero attached hydrogens (tertiary/aromatic N) is 5. The van der Waals surface area contributed by atoms with Crippen LogP contribution in [0.15, 0.2) is 67.1 Å². The van der Waals surface area contributed by atoms with Crippen LogP contribution in [0.2, 0.25) is 0 Å². The number of likely N-dealkylation sites (N-methyl/N-ethyl adjacent to an activating group) is 1. The van der Waals surface area contributed by atoms with Gasteiger partial charge in [0.2, 0.25) is 0 Å². The lowest BCUT2D eigenvalue weighted by molar-refractivity contribution is -0.298. The molecule has 0 spiro atoms. The fourth-order valence-electron chi connectivity index (χ4n) is 10.7. The lowest BCUT2D eigenvalue weighted by atomic mass is 9.73. The maximum atomic E-state index is 14.8. The van der Waals surface area contributed by atoms with Gasteiger partial charge in [0.1, 0.15) is 35.8 Å². The Hall–Kier alpha value is -6.02. The van der Waals surface area contributed by atoms with Crippen LogP contribution in [0.25, 0.3) is 17.5 Å². The van der Waals surface area contributed by atoms with E-state index in [4.69, 9.17) is 28.4 Å². The van der Waals surface area contributed by atoms with Crippen LogP contribution in [0.4, 0.5) is 14.4 Å².